The number of carbonyl (C=O) groups excluding carboxylic acids is 1. The summed E-state index contributed by atoms with van der Waals surface area (Å²) in [7, 11) is 0. The molecule has 0 rings (SSSR count). The fraction of sp³-hybridized carbons (Fsp3) is 0.400. The smallest absolute Gasteiger partial charge is 0.155 e. The second-order valence-corrected chi connectivity index (χ2v) is 1.40. The van der Waals surface area contributed by atoms with E-state index in [0.29, 0.717) is 0 Å². The normalized spacial score (nSPS) is 8.89. The van der Waals surface area contributed by atoms with Gasteiger partial charge in [0.25, 0.3) is 0 Å². The van der Waals surface area contributed by atoms with Gasteiger partial charge >= 0.3 is 0 Å². The van der Waals surface area contributed by atoms with E-state index in [4.69, 9.17) is 5.11 Å². The van der Waals surface area contributed by atoms with Crippen molar-refractivity contribution in [1.82, 2.24) is 0 Å². The number of allylic oxidation sites excluding steroid dienone is 2. The average Bonchev–Trinajstić information content (AvgIpc) is 1.27. The van der Waals surface area contributed by atoms with Gasteiger partial charge in [-0.05, 0) is 13.8 Å². The van der Waals surface area contributed by atoms with E-state index in [2.05, 4.69) is 0 Å². The van der Waals surface area contributed by atoms with E-state index in [0.717, 1.165) is 0 Å². The first kappa shape index (κ1) is 16.2. The van der Waals surface area contributed by atoms with Crippen molar-refractivity contribution in [3.63, 3.8) is 0 Å². The molecule has 0 aromatic heterocycles. The predicted octanol–water partition coefficient (Wildman–Crippen LogP) is 0.213. The van der Waals surface area contributed by atoms with Crippen LogP contribution in [0.3, 0.4) is 0 Å². The molecule has 9 heavy (non-hydrogen) atoms. The summed E-state index contributed by atoms with van der Waals surface area (Å²) in [5, 5.41) is 8.36. The monoisotopic (exact) mass is 270 g/mol. The zero-order chi connectivity index (χ0) is 5.86. The van der Waals surface area contributed by atoms with Crippen molar-refractivity contribution in [2.24, 2.45) is 0 Å². The quantitative estimate of drug-likeness (QED) is 0.546. The number of ketones is 1. The minimum atomic E-state index is -0.125. The van der Waals surface area contributed by atoms with Crippen LogP contribution in [-0.2, 0) is 4.79 Å². The predicted molar refractivity (Wildman–Crippen MR) is 30.7 cm³/mol. The van der Waals surface area contributed by atoms with E-state index in [1.807, 2.05) is 0 Å². The van der Waals surface area contributed by atoms with Crippen molar-refractivity contribution in [3.05, 3.63) is 11.8 Å². The maximum absolute atomic E-state index is 10.0. The van der Waals surface area contributed by atoms with Gasteiger partial charge in [-0.25, -0.2) is 0 Å². The van der Waals surface area contributed by atoms with Crippen LogP contribution in [0.15, 0.2) is 11.8 Å². The van der Waals surface area contributed by atoms with Crippen LogP contribution in [0, 0.1) is 40.4 Å². The third kappa shape index (κ3) is 17.7. The molecule has 0 bridgehead atoms. The minimum Gasteiger partial charge on any atom is -0.512 e. The van der Waals surface area contributed by atoms with Gasteiger partial charge < -0.3 is 10.6 Å². The Morgan fingerprint density at radius 1 is 1.44 bits per heavy atom. The van der Waals surface area contributed by atoms with Gasteiger partial charge in [-0.1, -0.05) is 0 Å². The molecule has 0 aliphatic rings. The van der Waals surface area contributed by atoms with Crippen LogP contribution in [0.5, 0.6) is 0 Å². The maximum atomic E-state index is 10.0. The number of hydrogen-bond acceptors (Lipinski definition) is 2. The summed E-state index contributed by atoms with van der Waals surface area (Å²) in [6.07, 6.45) is 1.17. The fourth-order valence-corrected chi connectivity index (χ4v) is 0.294. The van der Waals surface area contributed by atoms with E-state index in [1.165, 1.54) is 19.9 Å². The van der Waals surface area contributed by atoms with Crippen LogP contribution in [0.4, 0.5) is 0 Å². The second-order valence-electron chi connectivity index (χ2n) is 1.40. The Bertz CT molecular complexity index is 105. The molecule has 0 aliphatic heterocycles. The maximum Gasteiger partial charge on any atom is 0.155 e. The average molecular weight is 268 g/mol. The SMILES string of the molecule is CC(=O)/C=C(/C)O.O.[Sm]. The first-order chi connectivity index (χ1) is 3.13. The third-order valence-corrected chi connectivity index (χ3v) is 0.412. The molecule has 0 spiro atoms. The fourth-order valence-electron chi connectivity index (χ4n) is 0.294. The van der Waals surface area contributed by atoms with Crippen molar-refractivity contribution in [2.45, 2.75) is 13.8 Å². The summed E-state index contributed by atoms with van der Waals surface area (Å²) in [5.74, 6) is -0.0625. The van der Waals surface area contributed by atoms with E-state index < -0.39 is 0 Å². The van der Waals surface area contributed by atoms with E-state index >= 15 is 0 Å². The Hall–Kier alpha value is 0.508. The summed E-state index contributed by atoms with van der Waals surface area (Å²) < 4.78 is 0. The first-order valence-electron chi connectivity index (χ1n) is 2.01. The second kappa shape index (κ2) is 8.51. The molecule has 0 aromatic carbocycles. The molecule has 0 unspecified atom stereocenters. The van der Waals surface area contributed by atoms with Crippen molar-refractivity contribution >= 4 is 5.78 Å². The molecule has 3 N–H and O–H groups in total. The van der Waals surface area contributed by atoms with Crippen LogP contribution >= 0.6 is 0 Å². The molecule has 0 fully saturated rings. The van der Waals surface area contributed by atoms with Gasteiger partial charge in [0.15, 0.2) is 5.78 Å². The van der Waals surface area contributed by atoms with E-state index in [-0.39, 0.29) is 57.4 Å². The van der Waals surface area contributed by atoms with Crippen LogP contribution in [-0.4, -0.2) is 16.4 Å². The number of rotatable bonds is 1. The van der Waals surface area contributed by atoms with Crippen molar-refractivity contribution in [3.8, 4) is 0 Å². The topological polar surface area (TPSA) is 68.8 Å². The number of carbonyl (C=O) groups is 1. The van der Waals surface area contributed by atoms with Gasteiger partial charge in [-0.15, -0.1) is 0 Å². The Morgan fingerprint density at radius 3 is 1.78 bits per heavy atom. The molecule has 0 aromatic rings. The molecule has 0 saturated carbocycles. The van der Waals surface area contributed by atoms with Gasteiger partial charge in [0.2, 0.25) is 0 Å². The summed E-state index contributed by atoms with van der Waals surface area (Å²) in [5.41, 5.74) is 0. The number of aliphatic hydroxyl groups is 1. The van der Waals surface area contributed by atoms with Crippen molar-refractivity contribution in [2.75, 3.05) is 0 Å². The minimum absolute atomic E-state index is 0. The molecule has 0 radical (unpaired) electrons. The molecule has 0 saturated heterocycles. The molecule has 0 aliphatic carbocycles. The van der Waals surface area contributed by atoms with E-state index in [1.54, 1.807) is 0 Å². The van der Waals surface area contributed by atoms with Crippen molar-refractivity contribution in [1.29, 1.82) is 0 Å². The first-order valence-corrected chi connectivity index (χ1v) is 2.01. The summed E-state index contributed by atoms with van der Waals surface area (Å²) in [6, 6.07) is 0. The zero-order valence-electron chi connectivity index (χ0n) is 5.34. The van der Waals surface area contributed by atoms with Gasteiger partial charge in [-0.3, -0.25) is 4.79 Å². The zero-order valence-corrected chi connectivity index (χ0v) is 7.96. The molecule has 0 atom stereocenters. The van der Waals surface area contributed by atoms with Crippen LogP contribution < -0.4 is 0 Å². The van der Waals surface area contributed by atoms with Gasteiger partial charge in [0.05, 0.1) is 5.76 Å². The van der Waals surface area contributed by atoms with Crippen LogP contribution in [0.2, 0.25) is 0 Å². The van der Waals surface area contributed by atoms with E-state index in [9.17, 15) is 4.79 Å². The summed E-state index contributed by atoms with van der Waals surface area (Å²) in [6.45, 7) is 2.85. The molecular formula is C5H10O3Sm. The molecule has 54 valence electrons. The standard InChI is InChI=1S/C5H8O2.H2O.Sm/c1-4(6)3-5(2)7;;/h3,6H,1-2H3;1H2;/b4-3-;;. The molecule has 0 heterocycles. The van der Waals surface area contributed by atoms with Gasteiger partial charge in [0.1, 0.15) is 0 Å². The largest absolute Gasteiger partial charge is 0.512 e. The van der Waals surface area contributed by atoms with Crippen LogP contribution in [0.25, 0.3) is 0 Å². The Kier molecular flexibility index (Phi) is 15.4. The third-order valence-electron chi connectivity index (χ3n) is 0.412. The molecule has 4 heteroatoms. The molecule has 3 nitrogen and oxygen atoms in total. The number of aliphatic hydroxyl groups excluding tert-OH is 1. The molecular weight excluding hydrogens is 258 g/mol. The van der Waals surface area contributed by atoms with Crippen LogP contribution in [0.1, 0.15) is 13.8 Å². The molecule has 0 amide bonds. The summed E-state index contributed by atoms with van der Waals surface area (Å²) >= 11 is 0. The Labute approximate surface area is 86.6 Å². The van der Waals surface area contributed by atoms with Gasteiger partial charge in [0, 0.05) is 46.5 Å². The van der Waals surface area contributed by atoms with Gasteiger partial charge in [-0.2, -0.15) is 0 Å². The number of hydrogen-bond donors (Lipinski definition) is 1. The van der Waals surface area contributed by atoms with Crippen molar-refractivity contribution < 1.29 is 55.8 Å². The Morgan fingerprint density at radius 2 is 1.78 bits per heavy atom. The summed E-state index contributed by atoms with van der Waals surface area (Å²) in [4.78, 5) is 10.0. The Balaban J connectivity index is -0.000000180.